The maximum Gasteiger partial charge on any atom is 0.141 e. The molecule has 50 heavy (non-hydrogen) atoms. The average molecular weight is 721 g/mol. The number of piperazine rings is 2. The van der Waals surface area contributed by atoms with E-state index in [1.807, 2.05) is 51.6 Å². The van der Waals surface area contributed by atoms with Crippen LogP contribution in [-0.4, -0.2) is 121 Å². The van der Waals surface area contributed by atoms with Crippen LogP contribution in [0.5, 0.6) is 0 Å². The van der Waals surface area contributed by atoms with Crippen molar-refractivity contribution in [1.29, 1.82) is 0 Å². The van der Waals surface area contributed by atoms with Gasteiger partial charge >= 0.3 is 0 Å². The van der Waals surface area contributed by atoms with E-state index >= 15 is 0 Å². The van der Waals surface area contributed by atoms with Gasteiger partial charge in [0.2, 0.25) is 0 Å². The van der Waals surface area contributed by atoms with Gasteiger partial charge in [0.25, 0.3) is 0 Å². The lowest BCUT2D eigenvalue weighted by atomic mass is 10.0. The quantitative estimate of drug-likeness (QED) is 0.0954. The third-order valence-electron chi connectivity index (χ3n) is 9.61. The molecule has 4 heterocycles. The van der Waals surface area contributed by atoms with Crippen molar-refractivity contribution in [3.63, 3.8) is 0 Å². The summed E-state index contributed by atoms with van der Waals surface area (Å²) >= 11 is 3.73. The summed E-state index contributed by atoms with van der Waals surface area (Å²) in [4.78, 5) is 7.59. The third kappa shape index (κ3) is 9.60. The Hall–Kier alpha value is -2.68. The lowest BCUT2D eigenvalue weighted by Crippen LogP contribution is -2.44. The Labute approximate surface area is 306 Å². The van der Waals surface area contributed by atoms with E-state index in [-0.39, 0.29) is 0 Å². The predicted molar refractivity (Wildman–Crippen MR) is 202 cm³/mol. The van der Waals surface area contributed by atoms with Gasteiger partial charge in [-0.25, -0.2) is 8.61 Å². The zero-order valence-electron chi connectivity index (χ0n) is 30.5. The van der Waals surface area contributed by atoms with Crippen molar-refractivity contribution in [1.82, 2.24) is 28.7 Å². The predicted octanol–water partition coefficient (Wildman–Crippen LogP) is 6.83. The van der Waals surface area contributed by atoms with Crippen LogP contribution in [0.1, 0.15) is 34.0 Å². The minimum Gasteiger partial charge on any atom is -0.378 e. The minimum atomic E-state index is 0.646. The standard InChI is InChI=1S/C38H52N6O4S2/c1-27-7-9-33(37-29(3)39-47-31(37)5)25-35(27)49-43-15-11-41(12-16-43)19-21-45-23-24-46-22-20-42-13-17-44(18-14-42)50-36-26-34(10-8-28(36)2)38-30(4)40-48-32(38)6/h7-10,25-26H,11-24H2,1-6H3. The first-order valence-corrected chi connectivity index (χ1v) is 19.3. The van der Waals surface area contributed by atoms with Crippen molar-refractivity contribution in [2.45, 2.75) is 51.3 Å². The van der Waals surface area contributed by atoms with Crippen LogP contribution < -0.4 is 0 Å². The van der Waals surface area contributed by atoms with Crippen LogP contribution in [0.25, 0.3) is 22.3 Å². The van der Waals surface area contributed by atoms with E-state index < -0.39 is 0 Å². The molecule has 0 aliphatic carbocycles. The van der Waals surface area contributed by atoms with Crippen LogP contribution in [-0.2, 0) is 9.47 Å². The fraction of sp³-hybridized carbons (Fsp3) is 0.526. The number of ether oxygens (including phenoxy) is 2. The highest BCUT2D eigenvalue weighted by molar-refractivity contribution is 7.97. The molecule has 6 rings (SSSR count). The summed E-state index contributed by atoms with van der Waals surface area (Å²) in [6.45, 7) is 25.4. The highest BCUT2D eigenvalue weighted by Gasteiger charge is 2.21. The second kappa shape index (κ2) is 17.7. The SMILES string of the molecule is Cc1ccc(-c2c(C)noc2C)cc1SN1CCN(CCOCCOCCN2CCN(Sc3cc(-c4c(C)noc4C)ccc3C)CC2)CC1. The largest absolute Gasteiger partial charge is 0.378 e. The molecular weight excluding hydrogens is 669 g/mol. The van der Waals surface area contributed by atoms with Gasteiger partial charge in [-0.05, 0) is 99.8 Å². The van der Waals surface area contributed by atoms with Gasteiger partial charge in [0.1, 0.15) is 11.5 Å². The Bertz CT molecular complexity index is 1530. The van der Waals surface area contributed by atoms with Crippen LogP contribution in [0.3, 0.4) is 0 Å². The van der Waals surface area contributed by atoms with Gasteiger partial charge in [-0.3, -0.25) is 9.80 Å². The van der Waals surface area contributed by atoms with E-state index in [2.05, 4.69) is 79.0 Å². The first kappa shape index (κ1) is 37.1. The van der Waals surface area contributed by atoms with Crippen molar-refractivity contribution in [3.05, 3.63) is 70.4 Å². The Kier molecular flexibility index (Phi) is 13.1. The molecule has 0 atom stereocenters. The van der Waals surface area contributed by atoms with Crippen LogP contribution in [0.15, 0.2) is 55.2 Å². The number of rotatable bonds is 15. The van der Waals surface area contributed by atoms with E-state index in [0.29, 0.717) is 13.2 Å². The van der Waals surface area contributed by atoms with Crippen molar-refractivity contribution >= 4 is 23.9 Å². The molecule has 0 unspecified atom stereocenters. The molecule has 0 spiro atoms. The van der Waals surface area contributed by atoms with Gasteiger partial charge < -0.3 is 18.5 Å². The van der Waals surface area contributed by atoms with E-state index in [1.54, 1.807) is 0 Å². The molecule has 2 aliphatic heterocycles. The highest BCUT2D eigenvalue weighted by atomic mass is 32.2. The number of benzene rings is 2. The fourth-order valence-electron chi connectivity index (χ4n) is 6.57. The van der Waals surface area contributed by atoms with Gasteiger partial charge in [0.15, 0.2) is 0 Å². The molecule has 2 aromatic carbocycles. The molecule has 2 aromatic heterocycles. The summed E-state index contributed by atoms with van der Waals surface area (Å²) in [6.07, 6.45) is 0. The molecule has 10 nitrogen and oxygen atoms in total. The second-order valence-electron chi connectivity index (χ2n) is 13.3. The van der Waals surface area contributed by atoms with Gasteiger partial charge in [-0.1, -0.05) is 34.6 Å². The molecule has 0 N–H and O–H groups in total. The zero-order valence-corrected chi connectivity index (χ0v) is 32.1. The number of hydrogen-bond acceptors (Lipinski definition) is 12. The molecule has 2 fully saturated rings. The Morgan fingerprint density at radius 2 is 0.960 bits per heavy atom. The molecule has 4 aromatic rings. The first-order chi connectivity index (χ1) is 24.2. The lowest BCUT2D eigenvalue weighted by Gasteiger charge is -2.34. The van der Waals surface area contributed by atoms with E-state index in [9.17, 15) is 0 Å². The Morgan fingerprint density at radius 3 is 1.32 bits per heavy atom. The van der Waals surface area contributed by atoms with Crippen molar-refractivity contribution in [2.75, 3.05) is 91.9 Å². The van der Waals surface area contributed by atoms with Crippen molar-refractivity contribution in [3.8, 4) is 22.3 Å². The monoisotopic (exact) mass is 720 g/mol. The molecule has 0 bridgehead atoms. The fourth-order valence-corrected chi connectivity index (χ4v) is 8.61. The van der Waals surface area contributed by atoms with E-state index in [0.717, 1.165) is 113 Å². The van der Waals surface area contributed by atoms with Crippen LogP contribution >= 0.6 is 23.9 Å². The Balaban J connectivity index is 0.807. The molecule has 12 heteroatoms. The molecule has 0 saturated carbocycles. The topological polar surface area (TPSA) is 83.5 Å². The molecule has 270 valence electrons. The van der Waals surface area contributed by atoms with Gasteiger partial charge in [-0.15, -0.1) is 0 Å². The zero-order chi connectivity index (χ0) is 35.0. The number of aromatic nitrogens is 2. The summed E-state index contributed by atoms with van der Waals surface area (Å²) < 4.78 is 27.6. The summed E-state index contributed by atoms with van der Waals surface area (Å²) in [6, 6.07) is 13.3. The summed E-state index contributed by atoms with van der Waals surface area (Å²) in [5, 5.41) is 8.28. The lowest BCUT2D eigenvalue weighted by molar-refractivity contribution is 0.0265. The minimum absolute atomic E-state index is 0.646. The highest BCUT2D eigenvalue weighted by Crippen LogP contribution is 2.35. The van der Waals surface area contributed by atoms with Gasteiger partial charge in [0.05, 0.1) is 37.8 Å². The molecular formula is C38H52N6O4S2. The Morgan fingerprint density at radius 1 is 0.560 bits per heavy atom. The summed E-state index contributed by atoms with van der Waals surface area (Å²) in [7, 11) is 0. The maximum atomic E-state index is 5.93. The summed E-state index contributed by atoms with van der Waals surface area (Å²) in [5.74, 6) is 1.74. The molecule has 2 aliphatic rings. The van der Waals surface area contributed by atoms with Crippen molar-refractivity contribution in [2.24, 2.45) is 0 Å². The third-order valence-corrected chi connectivity index (χ3v) is 12.1. The maximum absolute atomic E-state index is 5.93. The first-order valence-electron chi connectivity index (χ1n) is 17.8. The normalized spacial score (nSPS) is 16.8. The average Bonchev–Trinajstić information content (AvgIpc) is 3.64. The van der Waals surface area contributed by atoms with Crippen molar-refractivity contribution < 1.29 is 18.5 Å². The molecule has 0 amide bonds. The molecule has 2 saturated heterocycles. The second-order valence-corrected chi connectivity index (χ2v) is 15.6. The van der Waals surface area contributed by atoms with Gasteiger partial charge in [-0.2, -0.15) is 0 Å². The van der Waals surface area contributed by atoms with Crippen LogP contribution in [0.4, 0.5) is 0 Å². The van der Waals surface area contributed by atoms with E-state index in [1.165, 1.54) is 32.0 Å². The van der Waals surface area contributed by atoms with Crippen LogP contribution in [0.2, 0.25) is 0 Å². The number of nitrogens with zero attached hydrogens (tertiary/aromatic N) is 6. The van der Waals surface area contributed by atoms with Crippen LogP contribution in [0, 0.1) is 41.5 Å². The van der Waals surface area contributed by atoms with E-state index in [4.69, 9.17) is 18.5 Å². The molecule has 0 radical (unpaired) electrons. The smallest absolute Gasteiger partial charge is 0.141 e. The van der Waals surface area contributed by atoms with Gasteiger partial charge in [0, 0.05) is 86.4 Å². The summed E-state index contributed by atoms with van der Waals surface area (Å²) in [5.41, 5.74) is 9.02. The number of hydrogen-bond donors (Lipinski definition) is 0. The number of aryl methyl sites for hydroxylation is 6.